The van der Waals surface area contributed by atoms with Crippen LogP contribution in [0.4, 0.5) is 0 Å². The standard InChI is InChI=1S/C17H34O2/c1-11(2)8-12(3)9-13(4)10-14(5)17(19)15(6)16(7)18/h11-15,17,19H,8-10H2,1-7H3/t12?,13?,14?,15-,17+/m0/s1. The third kappa shape index (κ3) is 7.71. The molecule has 0 amide bonds. The number of rotatable bonds is 9. The summed E-state index contributed by atoms with van der Waals surface area (Å²) in [6.07, 6.45) is 2.98. The van der Waals surface area contributed by atoms with Crippen LogP contribution in [0.3, 0.4) is 0 Å². The van der Waals surface area contributed by atoms with Crippen LogP contribution in [0.25, 0.3) is 0 Å². The largest absolute Gasteiger partial charge is 0.392 e. The summed E-state index contributed by atoms with van der Waals surface area (Å²) in [5.74, 6) is 2.14. The van der Waals surface area contributed by atoms with Crippen LogP contribution in [0.2, 0.25) is 0 Å². The molecule has 2 nitrogen and oxygen atoms in total. The molecule has 0 aliphatic rings. The van der Waals surface area contributed by atoms with E-state index in [4.69, 9.17) is 0 Å². The molecule has 0 bridgehead atoms. The van der Waals surface area contributed by atoms with Crippen molar-refractivity contribution in [2.45, 2.75) is 73.8 Å². The molecule has 114 valence electrons. The Morgan fingerprint density at radius 3 is 1.79 bits per heavy atom. The summed E-state index contributed by atoms with van der Waals surface area (Å²) in [6, 6.07) is 0. The molecule has 0 saturated carbocycles. The molecule has 0 aromatic heterocycles. The molecule has 1 N–H and O–H groups in total. The van der Waals surface area contributed by atoms with Crippen molar-refractivity contribution in [3.63, 3.8) is 0 Å². The van der Waals surface area contributed by atoms with Gasteiger partial charge in [-0.25, -0.2) is 0 Å². The van der Waals surface area contributed by atoms with Crippen LogP contribution in [0.15, 0.2) is 0 Å². The number of Topliss-reactive ketones (excluding diaryl/α,β-unsaturated/α-hetero) is 1. The molecule has 0 aromatic rings. The number of hydrogen-bond acceptors (Lipinski definition) is 2. The zero-order valence-corrected chi connectivity index (χ0v) is 13.9. The Labute approximate surface area is 120 Å². The fourth-order valence-corrected chi connectivity index (χ4v) is 3.19. The van der Waals surface area contributed by atoms with Gasteiger partial charge in [-0.3, -0.25) is 4.79 Å². The first-order chi connectivity index (χ1) is 8.65. The summed E-state index contributed by atoms with van der Waals surface area (Å²) in [6.45, 7) is 14.6. The predicted octanol–water partition coefficient (Wildman–Crippen LogP) is 4.31. The average Bonchev–Trinajstić information content (AvgIpc) is 2.24. The van der Waals surface area contributed by atoms with Gasteiger partial charge >= 0.3 is 0 Å². The van der Waals surface area contributed by atoms with E-state index in [1.807, 2.05) is 6.92 Å². The zero-order chi connectivity index (χ0) is 15.2. The summed E-state index contributed by atoms with van der Waals surface area (Å²) in [7, 11) is 0. The van der Waals surface area contributed by atoms with Crippen LogP contribution in [0, 0.1) is 29.6 Å². The van der Waals surface area contributed by atoms with Crippen molar-refractivity contribution < 1.29 is 9.90 Å². The van der Waals surface area contributed by atoms with Crippen molar-refractivity contribution in [2.75, 3.05) is 0 Å². The maximum absolute atomic E-state index is 11.3. The van der Waals surface area contributed by atoms with E-state index in [0.717, 1.165) is 18.3 Å². The first-order valence-electron chi connectivity index (χ1n) is 7.83. The number of hydrogen-bond donors (Lipinski definition) is 1. The van der Waals surface area contributed by atoms with Gasteiger partial charge in [0.05, 0.1) is 6.10 Å². The molecule has 3 unspecified atom stereocenters. The smallest absolute Gasteiger partial charge is 0.135 e. The molecule has 0 heterocycles. The van der Waals surface area contributed by atoms with Crippen LogP contribution in [-0.4, -0.2) is 17.0 Å². The first-order valence-corrected chi connectivity index (χ1v) is 7.83. The number of carbonyl (C=O) groups is 1. The zero-order valence-electron chi connectivity index (χ0n) is 13.9. The van der Waals surface area contributed by atoms with Gasteiger partial charge in [-0.05, 0) is 49.9 Å². The molecule has 0 fully saturated rings. The fraction of sp³-hybridized carbons (Fsp3) is 0.941. The number of aliphatic hydroxyl groups is 1. The van der Waals surface area contributed by atoms with E-state index >= 15 is 0 Å². The van der Waals surface area contributed by atoms with Gasteiger partial charge in [0.25, 0.3) is 0 Å². The highest BCUT2D eigenvalue weighted by Crippen LogP contribution is 2.27. The maximum Gasteiger partial charge on any atom is 0.135 e. The Hall–Kier alpha value is -0.370. The van der Waals surface area contributed by atoms with Crippen molar-refractivity contribution in [3.05, 3.63) is 0 Å². The van der Waals surface area contributed by atoms with E-state index in [1.54, 1.807) is 6.92 Å². The molecule has 0 aromatic carbocycles. The third-order valence-corrected chi connectivity index (χ3v) is 4.19. The SMILES string of the molecule is CC(=O)[C@H](C)[C@H](O)C(C)CC(C)CC(C)CC(C)C. The maximum atomic E-state index is 11.3. The van der Waals surface area contributed by atoms with E-state index in [1.165, 1.54) is 12.8 Å². The van der Waals surface area contributed by atoms with Crippen LogP contribution in [0.1, 0.15) is 67.7 Å². The second-order valence-electron chi connectivity index (χ2n) is 7.18. The minimum absolute atomic E-state index is 0.0835. The summed E-state index contributed by atoms with van der Waals surface area (Å²) in [4.78, 5) is 11.3. The summed E-state index contributed by atoms with van der Waals surface area (Å²) >= 11 is 0. The van der Waals surface area contributed by atoms with E-state index in [2.05, 4.69) is 34.6 Å². The van der Waals surface area contributed by atoms with Gasteiger partial charge < -0.3 is 5.11 Å². The minimum atomic E-state index is -0.500. The van der Waals surface area contributed by atoms with Gasteiger partial charge in [-0.2, -0.15) is 0 Å². The molecule has 0 rings (SSSR count). The number of carbonyl (C=O) groups excluding carboxylic acids is 1. The van der Waals surface area contributed by atoms with Gasteiger partial charge in [-0.15, -0.1) is 0 Å². The molecular weight excluding hydrogens is 236 g/mol. The summed E-state index contributed by atoms with van der Waals surface area (Å²) in [5, 5.41) is 10.2. The highest BCUT2D eigenvalue weighted by molar-refractivity contribution is 5.78. The molecule has 0 aliphatic heterocycles. The van der Waals surface area contributed by atoms with Crippen molar-refractivity contribution in [1.29, 1.82) is 0 Å². The monoisotopic (exact) mass is 270 g/mol. The second-order valence-corrected chi connectivity index (χ2v) is 7.18. The molecule has 5 atom stereocenters. The van der Waals surface area contributed by atoms with E-state index < -0.39 is 6.10 Å². The number of ketones is 1. The normalized spacial score (nSPS) is 19.8. The lowest BCUT2D eigenvalue weighted by Gasteiger charge is -2.27. The van der Waals surface area contributed by atoms with E-state index in [9.17, 15) is 9.90 Å². The first kappa shape index (κ1) is 18.6. The Morgan fingerprint density at radius 1 is 0.895 bits per heavy atom. The van der Waals surface area contributed by atoms with Gasteiger partial charge in [0, 0.05) is 5.92 Å². The number of aliphatic hydroxyl groups excluding tert-OH is 1. The molecule has 2 heteroatoms. The predicted molar refractivity (Wildman–Crippen MR) is 82.0 cm³/mol. The van der Waals surface area contributed by atoms with Crippen molar-refractivity contribution in [3.8, 4) is 0 Å². The lowest BCUT2D eigenvalue weighted by molar-refractivity contribution is -0.124. The minimum Gasteiger partial charge on any atom is -0.392 e. The highest BCUT2D eigenvalue weighted by Gasteiger charge is 2.25. The van der Waals surface area contributed by atoms with Crippen LogP contribution in [0.5, 0.6) is 0 Å². The molecular formula is C17H34O2. The quantitative estimate of drug-likeness (QED) is 0.678. The Morgan fingerprint density at radius 2 is 1.37 bits per heavy atom. The van der Waals surface area contributed by atoms with Crippen LogP contribution >= 0.6 is 0 Å². The Balaban J connectivity index is 4.17. The summed E-state index contributed by atoms with van der Waals surface area (Å²) in [5.41, 5.74) is 0. The van der Waals surface area contributed by atoms with Crippen LogP contribution in [-0.2, 0) is 4.79 Å². The van der Waals surface area contributed by atoms with E-state index in [-0.39, 0.29) is 17.6 Å². The molecule has 19 heavy (non-hydrogen) atoms. The van der Waals surface area contributed by atoms with Gasteiger partial charge in [0.15, 0.2) is 0 Å². The Kier molecular flexibility index (Phi) is 8.56. The lowest BCUT2D eigenvalue weighted by atomic mass is 9.81. The lowest BCUT2D eigenvalue weighted by Crippen LogP contribution is -2.31. The highest BCUT2D eigenvalue weighted by atomic mass is 16.3. The second kappa shape index (κ2) is 8.73. The van der Waals surface area contributed by atoms with E-state index in [0.29, 0.717) is 5.92 Å². The molecule has 0 aliphatic carbocycles. The van der Waals surface area contributed by atoms with Gasteiger partial charge in [-0.1, -0.05) is 41.5 Å². The topological polar surface area (TPSA) is 37.3 Å². The Bertz CT molecular complexity index is 260. The summed E-state index contributed by atoms with van der Waals surface area (Å²) < 4.78 is 0. The fourth-order valence-electron chi connectivity index (χ4n) is 3.19. The van der Waals surface area contributed by atoms with Crippen LogP contribution < -0.4 is 0 Å². The molecule has 0 radical (unpaired) electrons. The van der Waals surface area contributed by atoms with Gasteiger partial charge in [0.2, 0.25) is 0 Å². The average molecular weight is 270 g/mol. The van der Waals surface area contributed by atoms with Gasteiger partial charge in [0.1, 0.15) is 5.78 Å². The van der Waals surface area contributed by atoms with Crippen molar-refractivity contribution >= 4 is 5.78 Å². The molecule has 0 spiro atoms. The third-order valence-electron chi connectivity index (χ3n) is 4.19. The molecule has 0 saturated heterocycles. The van der Waals surface area contributed by atoms with Crippen molar-refractivity contribution in [1.82, 2.24) is 0 Å². The van der Waals surface area contributed by atoms with Crippen molar-refractivity contribution in [2.24, 2.45) is 29.6 Å².